The average molecular weight is 365 g/mol. The zero-order chi connectivity index (χ0) is 19.1. The Morgan fingerprint density at radius 3 is 2.59 bits per heavy atom. The summed E-state index contributed by atoms with van der Waals surface area (Å²) >= 11 is 0. The summed E-state index contributed by atoms with van der Waals surface area (Å²) in [5, 5.41) is 11.3. The van der Waals surface area contributed by atoms with Gasteiger partial charge in [0.25, 0.3) is 0 Å². The summed E-state index contributed by atoms with van der Waals surface area (Å²) in [6.45, 7) is 1.94. The van der Waals surface area contributed by atoms with E-state index in [1.165, 1.54) is 23.9 Å². The van der Waals surface area contributed by atoms with Crippen LogP contribution in [0.5, 0.6) is 0 Å². The van der Waals surface area contributed by atoms with Crippen molar-refractivity contribution in [2.24, 2.45) is 5.92 Å². The molecule has 0 aromatic heterocycles. The van der Waals surface area contributed by atoms with Gasteiger partial charge in [0.2, 0.25) is 0 Å². The third-order valence-corrected chi connectivity index (χ3v) is 5.22. The van der Waals surface area contributed by atoms with Crippen LogP contribution in [0.15, 0.2) is 65.9 Å². The van der Waals surface area contributed by atoms with E-state index in [0.29, 0.717) is 5.92 Å². The van der Waals surface area contributed by atoms with Crippen molar-refractivity contribution in [3.8, 4) is 0 Å². The Morgan fingerprint density at radius 2 is 1.89 bits per heavy atom. The van der Waals surface area contributed by atoms with Crippen LogP contribution in [0.2, 0.25) is 0 Å². The first-order chi connectivity index (χ1) is 13.2. The normalized spacial score (nSPS) is 17.2. The number of nitrogens with zero attached hydrogens (tertiary/aromatic N) is 1. The van der Waals surface area contributed by atoms with Crippen LogP contribution < -0.4 is 5.32 Å². The van der Waals surface area contributed by atoms with Gasteiger partial charge in [-0.15, -0.1) is 0 Å². The molecule has 0 aliphatic heterocycles. The Morgan fingerprint density at radius 1 is 1.15 bits per heavy atom. The van der Waals surface area contributed by atoms with E-state index in [1.54, 1.807) is 12.1 Å². The van der Waals surface area contributed by atoms with Gasteiger partial charge in [-0.3, -0.25) is 0 Å². The summed E-state index contributed by atoms with van der Waals surface area (Å²) < 4.78 is 13.1. The number of anilines is 1. The lowest BCUT2D eigenvalue weighted by atomic mass is 9.83. The molecule has 0 saturated carbocycles. The molecule has 3 nitrogen and oxygen atoms in total. The average Bonchev–Trinajstić information content (AvgIpc) is 2.69. The lowest BCUT2D eigenvalue weighted by Gasteiger charge is -2.29. The predicted molar refractivity (Wildman–Crippen MR) is 111 cm³/mol. The molecular formula is C23H28FN3. The SMILES string of the molecule is CN(CCC1CCCC(Nc2ccc(F)cc2)=C1C=N)Cc1ccccc1. The number of halogens is 1. The molecule has 1 atom stereocenters. The van der Waals surface area contributed by atoms with Crippen LogP contribution in [0, 0.1) is 17.1 Å². The molecule has 142 valence electrons. The Balaban J connectivity index is 1.62. The van der Waals surface area contributed by atoms with Crippen molar-refractivity contribution in [3.05, 3.63) is 77.2 Å². The highest BCUT2D eigenvalue weighted by atomic mass is 19.1. The van der Waals surface area contributed by atoms with Gasteiger partial charge in [0.15, 0.2) is 0 Å². The minimum atomic E-state index is -0.232. The standard InChI is InChI=1S/C23H28FN3/c1-27(17-18-6-3-2-4-7-18)15-14-19-8-5-9-23(22(19)16-25)26-21-12-10-20(24)11-13-21/h2-4,6-7,10-13,16,19,25-26H,5,8-9,14-15,17H2,1H3. The molecule has 0 fully saturated rings. The summed E-state index contributed by atoms with van der Waals surface area (Å²) in [4.78, 5) is 2.35. The molecule has 0 heterocycles. The maximum Gasteiger partial charge on any atom is 0.123 e. The Labute approximate surface area is 161 Å². The molecule has 1 unspecified atom stereocenters. The molecule has 2 aromatic rings. The lowest BCUT2D eigenvalue weighted by Crippen LogP contribution is -2.24. The molecule has 0 spiro atoms. The molecule has 4 heteroatoms. The highest BCUT2D eigenvalue weighted by molar-refractivity contribution is 5.79. The molecule has 0 bridgehead atoms. The van der Waals surface area contributed by atoms with Gasteiger partial charge in [-0.25, -0.2) is 4.39 Å². The fraction of sp³-hybridized carbons (Fsp3) is 0.348. The van der Waals surface area contributed by atoms with Crippen LogP contribution in [0.3, 0.4) is 0 Å². The summed E-state index contributed by atoms with van der Waals surface area (Å²) in [5.41, 5.74) is 4.41. The fourth-order valence-electron chi connectivity index (χ4n) is 3.77. The third kappa shape index (κ3) is 5.51. The molecule has 1 aliphatic rings. The Hall–Kier alpha value is -2.46. The van der Waals surface area contributed by atoms with E-state index in [9.17, 15) is 4.39 Å². The number of hydrogen-bond acceptors (Lipinski definition) is 3. The summed E-state index contributed by atoms with van der Waals surface area (Å²) in [6.07, 6.45) is 5.74. The first kappa shape index (κ1) is 19.3. The molecule has 3 rings (SSSR count). The molecule has 2 N–H and O–H groups in total. The van der Waals surface area contributed by atoms with Crippen molar-refractivity contribution in [2.75, 3.05) is 18.9 Å². The van der Waals surface area contributed by atoms with Gasteiger partial charge in [-0.2, -0.15) is 0 Å². The van der Waals surface area contributed by atoms with Crippen molar-refractivity contribution >= 4 is 11.9 Å². The van der Waals surface area contributed by atoms with Crippen LogP contribution in [0.25, 0.3) is 0 Å². The van der Waals surface area contributed by atoms with Crippen LogP contribution >= 0.6 is 0 Å². The van der Waals surface area contributed by atoms with Crippen LogP contribution in [-0.2, 0) is 6.54 Å². The number of hydrogen-bond donors (Lipinski definition) is 2. The first-order valence-electron chi connectivity index (χ1n) is 9.64. The van der Waals surface area contributed by atoms with E-state index in [-0.39, 0.29) is 5.82 Å². The highest BCUT2D eigenvalue weighted by Gasteiger charge is 2.22. The van der Waals surface area contributed by atoms with E-state index in [2.05, 4.69) is 41.5 Å². The summed E-state index contributed by atoms with van der Waals surface area (Å²) in [5.74, 6) is 0.169. The van der Waals surface area contributed by atoms with Crippen LogP contribution in [0.4, 0.5) is 10.1 Å². The van der Waals surface area contributed by atoms with Gasteiger partial charge in [0.05, 0.1) is 0 Å². The minimum Gasteiger partial charge on any atom is -0.359 e. The first-order valence-corrected chi connectivity index (χ1v) is 9.64. The highest BCUT2D eigenvalue weighted by Crippen LogP contribution is 2.32. The minimum absolute atomic E-state index is 0.232. The number of benzene rings is 2. The summed E-state index contributed by atoms with van der Waals surface area (Å²) in [6, 6.07) is 16.9. The van der Waals surface area contributed by atoms with Crippen LogP contribution in [-0.4, -0.2) is 24.7 Å². The van der Waals surface area contributed by atoms with Crippen molar-refractivity contribution in [2.45, 2.75) is 32.2 Å². The van der Waals surface area contributed by atoms with Gasteiger partial charge in [-0.1, -0.05) is 30.3 Å². The van der Waals surface area contributed by atoms with Crippen molar-refractivity contribution in [3.63, 3.8) is 0 Å². The molecule has 0 radical (unpaired) electrons. The van der Waals surface area contributed by atoms with Gasteiger partial charge in [0, 0.05) is 24.1 Å². The smallest absolute Gasteiger partial charge is 0.123 e. The third-order valence-electron chi connectivity index (χ3n) is 5.22. The number of nitrogens with one attached hydrogen (secondary N) is 2. The fourth-order valence-corrected chi connectivity index (χ4v) is 3.77. The van der Waals surface area contributed by atoms with Crippen molar-refractivity contribution in [1.82, 2.24) is 4.90 Å². The van der Waals surface area contributed by atoms with E-state index in [1.807, 2.05) is 6.07 Å². The van der Waals surface area contributed by atoms with Crippen LogP contribution in [0.1, 0.15) is 31.2 Å². The van der Waals surface area contributed by atoms with Gasteiger partial charge in [0.1, 0.15) is 5.82 Å². The van der Waals surface area contributed by atoms with E-state index in [0.717, 1.165) is 55.7 Å². The maximum absolute atomic E-state index is 13.1. The predicted octanol–water partition coefficient (Wildman–Crippen LogP) is 5.46. The second-order valence-corrected chi connectivity index (χ2v) is 7.31. The second-order valence-electron chi connectivity index (χ2n) is 7.31. The Kier molecular flexibility index (Phi) is 6.77. The molecular weight excluding hydrogens is 337 g/mol. The van der Waals surface area contributed by atoms with E-state index < -0.39 is 0 Å². The van der Waals surface area contributed by atoms with Gasteiger partial charge < -0.3 is 15.6 Å². The van der Waals surface area contributed by atoms with E-state index >= 15 is 0 Å². The van der Waals surface area contributed by atoms with Crippen molar-refractivity contribution < 1.29 is 4.39 Å². The molecule has 2 aromatic carbocycles. The van der Waals surface area contributed by atoms with Gasteiger partial charge >= 0.3 is 0 Å². The topological polar surface area (TPSA) is 39.1 Å². The maximum atomic E-state index is 13.1. The molecule has 1 aliphatic carbocycles. The Bertz CT molecular complexity index is 768. The van der Waals surface area contributed by atoms with E-state index in [4.69, 9.17) is 5.41 Å². The molecule has 0 amide bonds. The largest absolute Gasteiger partial charge is 0.359 e. The summed E-state index contributed by atoms with van der Waals surface area (Å²) in [7, 11) is 2.15. The number of rotatable bonds is 8. The molecule has 27 heavy (non-hydrogen) atoms. The van der Waals surface area contributed by atoms with Crippen molar-refractivity contribution in [1.29, 1.82) is 5.41 Å². The number of allylic oxidation sites excluding steroid dienone is 2. The lowest BCUT2D eigenvalue weighted by molar-refractivity contribution is 0.296. The zero-order valence-corrected chi connectivity index (χ0v) is 15.9. The zero-order valence-electron chi connectivity index (χ0n) is 15.9. The van der Waals surface area contributed by atoms with Gasteiger partial charge in [-0.05, 0) is 80.6 Å². The monoisotopic (exact) mass is 365 g/mol. The quantitative estimate of drug-likeness (QED) is 0.609. The second kappa shape index (κ2) is 9.47. The molecule has 0 saturated heterocycles.